The molecule has 0 aromatic carbocycles. The summed E-state index contributed by atoms with van der Waals surface area (Å²) in [6.45, 7) is 4.75. The lowest BCUT2D eigenvalue weighted by molar-refractivity contribution is 0.391. The van der Waals surface area contributed by atoms with Crippen LogP contribution in [0.25, 0.3) is 11.0 Å². The molecule has 0 radical (unpaired) electrons. The maximum atomic E-state index is 5.92. The van der Waals surface area contributed by atoms with Crippen LogP contribution in [0.4, 0.5) is 11.8 Å². The molecule has 4 aromatic heterocycles. The smallest absolute Gasteiger partial charge is 0.222 e. The molecule has 1 fully saturated rings. The first-order chi connectivity index (χ1) is 16.1. The van der Waals surface area contributed by atoms with Gasteiger partial charge in [0, 0.05) is 12.3 Å². The van der Waals surface area contributed by atoms with Crippen molar-refractivity contribution in [1.82, 2.24) is 35.2 Å². The topological polar surface area (TPSA) is 142 Å². The number of aromatic nitrogens is 6. The van der Waals surface area contributed by atoms with Crippen molar-refractivity contribution in [3.8, 4) is 5.75 Å². The second kappa shape index (κ2) is 9.02. The van der Waals surface area contributed by atoms with E-state index in [1.165, 1.54) is 5.56 Å². The quantitative estimate of drug-likeness (QED) is 0.384. The largest absolute Gasteiger partial charge is 0.495 e. The Kier molecular flexibility index (Phi) is 5.78. The molecule has 33 heavy (non-hydrogen) atoms. The van der Waals surface area contributed by atoms with Crippen LogP contribution in [0.5, 0.6) is 5.75 Å². The highest BCUT2D eigenvalue weighted by atomic mass is 16.5. The van der Waals surface area contributed by atoms with Gasteiger partial charge in [0.15, 0.2) is 5.82 Å². The maximum Gasteiger partial charge on any atom is 0.222 e. The number of fused-ring (bicyclic) bond motifs is 1. The van der Waals surface area contributed by atoms with Crippen LogP contribution in [0.2, 0.25) is 0 Å². The Balaban J connectivity index is 1.43. The molecule has 0 spiro atoms. The van der Waals surface area contributed by atoms with E-state index in [0.717, 1.165) is 54.3 Å². The van der Waals surface area contributed by atoms with Gasteiger partial charge in [-0.05, 0) is 50.4 Å². The number of anilines is 2. The number of methoxy groups -OCH3 is 1. The number of pyridine rings is 1. The predicted molar refractivity (Wildman–Crippen MR) is 123 cm³/mol. The van der Waals surface area contributed by atoms with Gasteiger partial charge in [-0.3, -0.25) is 9.67 Å². The standard InChI is InChI=1S/C22H27N9O2/c1-13-7-16(30-33-13)10-26-21-20-17(28-22(23)29-21)11-27-31(20)12-18-19(32-2)8-15(9-25-18)14-3-5-24-6-4-14/h7-9,11,14,24H,3-6,10,12H2,1-2H3,(H3,23,26,28,29). The van der Waals surface area contributed by atoms with Crippen LogP contribution in [-0.2, 0) is 13.1 Å². The lowest BCUT2D eigenvalue weighted by Crippen LogP contribution is -2.26. The number of nitrogens with two attached hydrogens (primary N) is 1. The molecular formula is C22H27N9O2. The minimum atomic E-state index is 0.169. The molecule has 0 atom stereocenters. The average molecular weight is 450 g/mol. The highest BCUT2D eigenvalue weighted by Gasteiger charge is 2.19. The van der Waals surface area contributed by atoms with Crippen molar-refractivity contribution in [3.63, 3.8) is 0 Å². The van der Waals surface area contributed by atoms with Gasteiger partial charge in [0.25, 0.3) is 0 Å². The van der Waals surface area contributed by atoms with Crippen LogP contribution in [0, 0.1) is 6.92 Å². The predicted octanol–water partition coefficient (Wildman–Crippen LogP) is 2.24. The fraction of sp³-hybridized carbons (Fsp3) is 0.409. The van der Waals surface area contributed by atoms with Gasteiger partial charge in [-0.2, -0.15) is 10.1 Å². The van der Waals surface area contributed by atoms with E-state index in [1.54, 1.807) is 18.0 Å². The molecule has 172 valence electrons. The number of aryl methyl sites for hydroxylation is 1. The third-order valence-electron chi connectivity index (χ3n) is 5.90. The van der Waals surface area contributed by atoms with Crippen molar-refractivity contribution in [2.24, 2.45) is 0 Å². The van der Waals surface area contributed by atoms with E-state index in [4.69, 9.17) is 20.0 Å². The first-order valence-corrected chi connectivity index (χ1v) is 11.0. The fourth-order valence-corrected chi connectivity index (χ4v) is 4.24. The second-order valence-electron chi connectivity index (χ2n) is 8.19. The maximum absolute atomic E-state index is 5.92. The van der Waals surface area contributed by atoms with Crippen molar-refractivity contribution >= 4 is 22.8 Å². The van der Waals surface area contributed by atoms with Crippen LogP contribution in [-0.4, -0.2) is 50.1 Å². The summed E-state index contributed by atoms with van der Waals surface area (Å²) in [5, 5.41) is 15.2. The van der Waals surface area contributed by atoms with E-state index in [-0.39, 0.29) is 5.95 Å². The molecule has 5 heterocycles. The number of hydrogen-bond donors (Lipinski definition) is 3. The number of nitrogens with zero attached hydrogens (tertiary/aromatic N) is 6. The van der Waals surface area contributed by atoms with Crippen LogP contribution in [0.1, 0.15) is 41.5 Å². The summed E-state index contributed by atoms with van der Waals surface area (Å²) in [6.07, 6.45) is 5.84. The SMILES string of the molecule is COc1cc(C2CCNCC2)cnc1Cn1ncc2nc(N)nc(NCc3cc(C)on3)c21. The summed E-state index contributed by atoms with van der Waals surface area (Å²) < 4.78 is 12.6. The van der Waals surface area contributed by atoms with E-state index in [1.807, 2.05) is 19.2 Å². The van der Waals surface area contributed by atoms with Gasteiger partial charge < -0.3 is 25.6 Å². The lowest BCUT2D eigenvalue weighted by atomic mass is 9.91. The molecule has 1 aliphatic rings. The number of piperidine rings is 1. The highest BCUT2D eigenvalue weighted by Crippen LogP contribution is 2.30. The van der Waals surface area contributed by atoms with Gasteiger partial charge in [0.2, 0.25) is 5.95 Å². The van der Waals surface area contributed by atoms with E-state index in [0.29, 0.717) is 30.3 Å². The van der Waals surface area contributed by atoms with Gasteiger partial charge >= 0.3 is 0 Å². The van der Waals surface area contributed by atoms with Gasteiger partial charge in [-0.1, -0.05) is 5.16 Å². The average Bonchev–Trinajstić information content (AvgIpc) is 3.44. The normalized spacial score (nSPS) is 14.6. The van der Waals surface area contributed by atoms with E-state index in [9.17, 15) is 0 Å². The Morgan fingerprint density at radius 2 is 2.09 bits per heavy atom. The lowest BCUT2D eigenvalue weighted by Gasteiger charge is -2.23. The Hall–Kier alpha value is -3.73. The van der Waals surface area contributed by atoms with Crippen molar-refractivity contribution in [1.29, 1.82) is 0 Å². The van der Waals surface area contributed by atoms with Crippen molar-refractivity contribution in [3.05, 3.63) is 47.2 Å². The number of nitrogen functional groups attached to an aromatic ring is 1. The van der Waals surface area contributed by atoms with E-state index >= 15 is 0 Å². The number of nitrogens with one attached hydrogen (secondary N) is 2. The van der Waals surface area contributed by atoms with E-state index < -0.39 is 0 Å². The molecular weight excluding hydrogens is 422 g/mol. The van der Waals surface area contributed by atoms with Crippen molar-refractivity contribution in [2.45, 2.75) is 38.8 Å². The van der Waals surface area contributed by atoms with Gasteiger partial charge in [0.1, 0.15) is 33.9 Å². The highest BCUT2D eigenvalue weighted by molar-refractivity contribution is 5.86. The van der Waals surface area contributed by atoms with Crippen molar-refractivity contribution in [2.75, 3.05) is 31.2 Å². The Labute approximate surface area is 190 Å². The Morgan fingerprint density at radius 3 is 2.85 bits per heavy atom. The molecule has 0 saturated carbocycles. The fourth-order valence-electron chi connectivity index (χ4n) is 4.24. The molecule has 4 aromatic rings. The summed E-state index contributed by atoms with van der Waals surface area (Å²) >= 11 is 0. The summed E-state index contributed by atoms with van der Waals surface area (Å²) in [5.74, 6) is 2.73. The first-order valence-electron chi connectivity index (χ1n) is 11.0. The van der Waals surface area contributed by atoms with Gasteiger partial charge in [0.05, 0.1) is 26.4 Å². The van der Waals surface area contributed by atoms with Crippen LogP contribution >= 0.6 is 0 Å². The molecule has 0 bridgehead atoms. The molecule has 11 heteroatoms. The van der Waals surface area contributed by atoms with Gasteiger partial charge in [-0.15, -0.1) is 0 Å². The zero-order chi connectivity index (χ0) is 22.8. The summed E-state index contributed by atoms with van der Waals surface area (Å²) in [7, 11) is 1.67. The summed E-state index contributed by atoms with van der Waals surface area (Å²) in [6, 6.07) is 3.97. The Morgan fingerprint density at radius 1 is 1.24 bits per heavy atom. The summed E-state index contributed by atoms with van der Waals surface area (Å²) in [4.78, 5) is 13.5. The summed E-state index contributed by atoms with van der Waals surface area (Å²) in [5.41, 5.74) is 10.1. The third-order valence-corrected chi connectivity index (χ3v) is 5.90. The molecule has 0 unspecified atom stereocenters. The minimum absolute atomic E-state index is 0.169. The molecule has 1 saturated heterocycles. The third kappa shape index (κ3) is 4.44. The number of ether oxygens (including phenoxy) is 1. The van der Waals surface area contributed by atoms with E-state index in [2.05, 4.69) is 36.9 Å². The first kappa shape index (κ1) is 21.1. The Bertz CT molecular complexity index is 1260. The molecule has 0 amide bonds. The van der Waals surface area contributed by atoms with Crippen LogP contribution in [0.15, 0.2) is 29.0 Å². The van der Waals surface area contributed by atoms with Crippen LogP contribution < -0.4 is 21.1 Å². The zero-order valence-corrected chi connectivity index (χ0v) is 18.7. The molecule has 0 aliphatic carbocycles. The molecule has 1 aliphatic heterocycles. The zero-order valence-electron chi connectivity index (χ0n) is 18.7. The van der Waals surface area contributed by atoms with Crippen LogP contribution in [0.3, 0.4) is 0 Å². The molecule has 5 rings (SSSR count). The number of hydrogen-bond acceptors (Lipinski definition) is 10. The molecule has 4 N–H and O–H groups in total. The minimum Gasteiger partial charge on any atom is -0.495 e. The van der Waals surface area contributed by atoms with Crippen molar-refractivity contribution < 1.29 is 9.26 Å². The van der Waals surface area contributed by atoms with Gasteiger partial charge in [-0.25, -0.2) is 4.98 Å². The monoisotopic (exact) mass is 449 g/mol. The number of rotatable bonds is 7. The second-order valence-corrected chi connectivity index (χ2v) is 8.19. The molecule has 11 nitrogen and oxygen atoms in total.